The highest BCUT2D eigenvalue weighted by atomic mass is 16.5. The molecule has 0 aliphatic carbocycles. The van der Waals surface area contributed by atoms with Crippen LogP contribution in [0.3, 0.4) is 0 Å². The van der Waals surface area contributed by atoms with Gasteiger partial charge >= 0.3 is 0 Å². The van der Waals surface area contributed by atoms with Crippen molar-refractivity contribution in [3.05, 3.63) is 0 Å². The van der Waals surface area contributed by atoms with Gasteiger partial charge in [0.1, 0.15) is 0 Å². The molecule has 0 amide bonds. The van der Waals surface area contributed by atoms with Gasteiger partial charge in [-0.05, 0) is 33.2 Å². The molecule has 0 aromatic rings. The largest absolute Gasteiger partial charge is 0.389 e. The van der Waals surface area contributed by atoms with Crippen LogP contribution in [-0.4, -0.2) is 62.0 Å². The number of nitrogens with zero attached hydrogens (tertiary/aromatic N) is 1. The van der Waals surface area contributed by atoms with E-state index in [0.717, 1.165) is 13.1 Å². The monoisotopic (exact) mass is 260 g/mol. The lowest BCUT2D eigenvalue weighted by atomic mass is 9.91. The van der Waals surface area contributed by atoms with Crippen molar-refractivity contribution in [1.29, 1.82) is 0 Å². The topological polar surface area (TPSA) is 44.7 Å². The average molecular weight is 260 g/mol. The van der Waals surface area contributed by atoms with Crippen molar-refractivity contribution in [2.45, 2.75) is 46.3 Å². The number of rotatable bonds is 8. The number of aliphatic hydroxyl groups excluding tert-OH is 1. The Morgan fingerprint density at radius 2 is 1.78 bits per heavy atom. The number of aliphatic hydroxyl groups is 1. The van der Waals surface area contributed by atoms with Gasteiger partial charge in [-0.1, -0.05) is 13.8 Å². The molecular weight excluding hydrogens is 228 g/mol. The number of methoxy groups -OCH3 is 1. The van der Waals surface area contributed by atoms with Crippen LogP contribution in [0.15, 0.2) is 0 Å². The molecule has 110 valence electrons. The third-order valence-corrected chi connectivity index (χ3v) is 2.68. The standard InChI is InChI=1S/C14H32N2O2/c1-13(2,3)15-10-14(4,5)11-16(6)8-12(17)9-18-7/h12,15,17H,8-11H2,1-7H3. The van der Waals surface area contributed by atoms with E-state index >= 15 is 0 Å². The molecule has 0 saturated heterocycles. The molecule has 1 unspecified atom stereocenters. The van der Waals surface area contributed by atoms with Crippen molar-refractivity contribution in [1.82, 2.24) is 10.2 Å². The van der Waals surface area contributed by atoms with Crippen molar-refractivity contribution in [2.24, 2.45) is 5.41 Å². The molecule has 0 radical (unpaired) electrons. The molecule has 2 N–H and O–H groups in total. The molecule has 0 spiro atoms. The van der Waals surface area contributed by atoms with Gasteiger partial charge in [-0.3, -0.25) is 0 Å². The Morgan fingerprint density at radius 1 is 1.22 bits per heavy atom. The molecule has 0 aliphatic rings. The van der Waals surface area contributed by atoms with Gasteiger partial charge < -0.3 is 20.1 Å². The maximum absolute atomic E-state index is 9.69. The Hall–Kier alpha value is -0.160. The van der Waals surface area contributed by atoms with Gasteiger partial charge in [-0.2, -0.15) is 0 Å². The zero-order valence-corrected chi connectivity index (χ0v) is 13.2. The third kappa shape index (κ3) is 9.83. The Labute approximate surface area is 113 Å². The van der Waals surface area contributed by atoms with Crippen molar-refractivity contribution >= 4 is 0 Å². The van der Waals surface area contributed by atoms with Crippen LogP contribution >= 0.6 is 0 Å². The lowest BCUT2D eigenvalue weighted by molar-refractivity contribution is 0.0356. The fourth-order valence-corrected chi connectivity index (χ4v) is 1.96. The maximum Gasteiger partial charge on any atom is 0.0899 e. The van der Waals surface area contributed by atoms with E-state index in [1.54, 1.807) is 7.11 Å². The van der Waals surface area contributed by atoms with Gasteiger partial charge in [0.05, 0.1) is 12.7 Å². The smallest absolute Gasteiger partial charge is 0.0899 e. The number of nitrogens with one attached hydrogen (secondary N) is 1. The van der Waals surface area contributed by atoms with E-state index in [9.17, 15) is 5.11 Å². The molecule has 0 saturated carbocycles. The predicted octanol–water partition coefficient (Wildman–Crippen LogP) is 1.34. The molecule has 4 heteroatoms. The van der Waals surface area contributed by atoms with E-state index in [0.29, 0.717) is 13.2 Å². The van der Waals surface area contributed by atoms with Crippen LogP contribution in [0, 0.1) is 5.41 Å². The first-order chi connectivity index (χ1) is 8.06. The van der Waals surface area contributed by atoms with Crippen molar-refractivity contribution < 1.29 is 9.84 Å². The van der Waals surface area contributed by atoms with Gasteiger partial charge in [0.15, 0.2) is 0 Å². The molecule has 0 aromatic heterocycles. The summed E-state index contributed by atoms with van der Waals surface area (Å²) in [5.41, 5.74) is 0.320. The van der Waals surface area contributed by atoms with Crippen LogP contribution in [0.25, 0.3) is 0 Å². The molecule has 0 bridgehead atoms. The Morgan fingerprint density at radius 3 is 2.22 bits per heavy atom. The summed E-state index contributed by atoms with van der Waals surface area (Å²) in [7, 11) is 3.65. The Bertz CT molecular complexity index is 224. The second-order valence-corrected chi connectivity index (χ2v) is 7.07. The summed E-state index contributed by atoms with van der Waals surface area (Å²) < 4.78 is 4.94. The molecule has 0 aliphatic heterocycles. The quantitative estimate of drug-likeness (QED) is 0.691. The van der Waals surface area contributed by atoms with Crippen molar-refractivity contribution in [3.63, 3.8) is 0 Å². The molecule has 0 heterocycles. The number of hydrogen-bond donors (Lipinski definition) is 2. The normalized spacial score (nSPS) is 15.2. The van der Waals surface area contributed by atoms with E-state index in [1.807, 2.05) is 7.05 Å². The highest BCUT2D eigenvalue weighted by Crippen LogP contribution is 2.16. The van der Waals surface area contributed by atoms with Gasteiger partial charge in [0.2, 0.25) is 0 Å². The first-order valence-corrected chi connectivity index (χ1v) is 6.66. The summed E-state index contributed by atoms with van der Waals surface area (Å²) in [4.78, 5) is 2.16. The molecule has 1 atom stereocenters. The van der Waals surface area contributed by atoms with Gasteiger partial charge in [-0.25, -0.2) is 0 Å². The van der Waals surface area contributed by atoms with Crippen LogP contribution in [0.1, 0.15) is 34.6 Å². The summed E-state index contributed by atoms with van der Waals surface area (Å²) in [5.74, 6) is 0. The summed E-state index contributed by atoms with van der Waals surface area (Å²) in [6.07, 6.45) is -0.411. The molecule has 0 fully saturated rings. The van der Waals surface area contributed by atoms with Crippen molar-refractivity contribution in [2.75, 3.05) is 40.4 Å². The molecule has 0 rings (SSSR count). The minimum absolute atomic E-state index is 0.144. The van der Waals surface area contributed by atoms with Gasteiger partial charge in [-0.15, -0.1) is 0 Å². The molecule has 4 nitrogen and oxygen atoms in total. The third-order valence-electron chi connectivity index (χ3n) is 2.68. The fraction of sp³-hybridized carbons (Fsp3) is 1.00. The Balaban J connectivity index is 4.06. The zero-order chi connectivity index (χ0) is 14.4. The lowest BCUT2D eigenvalue weighted by Crippen LogP contribution is -2.46. The number of hydrogen-bond acceptors (Lipinski definition) is 4. The second-order valence-electron chi connectivity index (χ2n) is 7.07. The first kappa shape index (κ1) is 17.8. The Kier molecular flexibility index (Phi) is 7.37. The van der Waals surface area contributed by atoms with Crippen LogP contribution < -0.4 is 5.32 Å². The fourth-order valence-electron chi connectivity index (χ4n) is 1.96. The number of likely N-dealkylation sites (N-methyl/N-ethyl adjacent to an activating group) is 1. The highest BCUT2D eigenvalue weighted by molar-refractivity contribution is 4.80. The van der Waals surface area contributed by atoms with E-state index in [2.05, 4.69) is 44.8 Å². The first-order valence-electron chi connectivity index (χ1n) is 6.66. The minimum atomic E-state index is -0.411. The van der Waals surface area contributed by atoms with E-state index < -0.39 is 6.10 Å². The highest BCUT2D eigenvalue weighted by Gasteiger charge is 2.23. The number of ether oxygens (including phenoxy) is 1. The zero-order valence-electron chi connectivity index (χ0n) is 13.2. The minimum Gasteiger partial charge on any atom is -0.389 e. The summed E-state index contributed by atoms with van der Waals surface area (Å²) >= 11 is 0. The SMILES string of the molecule is COCC(O)CN(C)CC(C)(C)CNC(C)(C)C. The lowest BCUT2D eigenvalue weighted by Gasteiger charge is -2.34. The van der Waals surface area contributed by atoms with E-state index in [4.69, 9.17) is 4.74 Å². The van der Waals surface area contributed by atoms with Gasteiger partial charge in [0, 0.05) is 32.3 Å². The predicted molar refractivity (Wildman–Crippen MR) is 76.9 cm³/mol. The molecular formula is C14H32N2O2. The van der Waals surface area contributed by atoms with Crippen LogP contribution in [0.2, 0.25) is 0 Å². The van der Waals surface area contributed by atoms with Crippen LogP contribution in [0.5, 0.6) is 0 Å². The molecule has 0 aromatic carbocycles. The average Bonchev–Trinajstić information content (AvgIpc) is 2.13. The molecule has 18 heavy (non-hydrogen) atoms. The van der Waals surface area contributed by atoms with Gasteiger partial charge in [0.25, 0.3) is 0 Å². The maximum atomic E-state index is 9.69. The van der Waals surface area contributed by atoms with Crippen LogP contribution in [-0.2, 0) is 4.74 Å². The summed E-state index contributed by atoms with van der Waals surface area (Å²) in [6.45, 7) is 13.9. The van der Waals surface area contributed by atoms with E-state index in [-0.39, 0.29) is 11.0 Å². The summed E-state index contributed by atoms with van der Waals surface area (Å²) in [5, 5.41) is 13.2. The summed E-state index contributed by atoms with van der Waals surface area (Å²) in [6, 6.07) is 0. The van der Waals surface area contributed by atoms with Crippen molar-refractivity contribution in [3.8, 4) is 0 Å². The van der Waals surface area contributed by atoms with Crippen LogP contribution in [0.4, 0.5) is 0 Å². The second kappa shape index (κ2) is 7.43. The van der Waals surface area contributed by atoms with E-state index in [1.165, 1.54) is 0 Å².